The number of carbonyl (C=O) groups is 1. The second kappa shape index (κ2) is 5.10. The van der Waals surface area contributed by atoms with Gasteiger partial charge in [-0.25, -0.2) is 4.98 Å². The summed E-state index contributed by atoms with van der Waals surface area (Å²) in [6.45, 7) is 5.73. The van der Waals surface area contributed by atoms with Gasteiger partial charge in [0.05, 0.1) is 5.41 Å². The van der Waals surface area contributed by atoms with Crippen molar-refractivity contribution in [2.24, 2.45) is 5.41 Å². The molecule has 1 aromatic rings. The highest BCUT2D eigenvalue weighted by atomic mass is 32.1. The van der Waals surface area contributed by atoms with Crippen molar-refractivity contribution in [3.05, 3.63) is 5.82 Å². The number of amides is 1. The second-order valence-corrected chi connectivity index (χ2v) is 5.24. The molecule has 1 amide bonds. The third kappa shape index (κ3) is 2.63. The molecule has 2 heterocycles. The molecule has 0 atom stereocenters. The van der Waals surface area contributed by atoms with Gasteiger partial charge >= 0.3 is 0 Å². The van der Waals surface area contributed by atoms with Crippen molar-refractivity contribution in [1.82, 2.24) is 14.7 Å². The number of piperidine rings is 1. The summed E-state index contributed by atoms with van der Waals surface area (Å²) in [7, 11) is 0. The third-order valence-electron chi connectivity index (χ3n) is 3.47. The second-order valence-electron chi connectivity index (χ2n) is 4.48. The molecule has 0 aromatic carbocycles. The summed E-state index contributed by atoms with van der Waals surface area (Å²) < 4.78 is 4.07. The maximum absolute atomic E-state index is 12.3. The molecule has 1 saturated heterocycles. The van der Waals surface area contributed by atoms with Crippen LogP contribution in [0.2, 0.25) is 0 Å². The molecule has 17 heavy (non-hydrogen) atoms. The van der Waals surface area contributed by atoms with Gasteiger partial charge in [-0.3, -0.25) is 4.79 Å². The quantitative estimate of drug-likeness (QED) is 0.859. The fourth-order valence-corrected chi connectivity index (χ4v) is 2.79. The first-order valence-corrected chi connectivity index (χ1v) is 6.76. The van der Waals surface area contributed by atoms with Gasteiger partial charge in [-0.2, -0.15) is 4.37 Å². The van der Waals surface area contributed by atoms with Crippen LogP contribution in [0.25, 0.3) is 0 Å². The van der Waals surface area contributed by atoms with Crippen molar-refractivity contribution in [3.8, 4) is 0 Å². The van der Waals surface area contributed by atoms with Crippen LogP contribution in [0.3, 0.4) is 0 Å². The predicted molar refractivity (Wildman–Crippen MR) is 68.1 cm³/mol. The topological polar surface area (TPSA) is 66.9 Å². The molecule has 6 heteroatoms. The molecular weight excluding hydrogens is 236 g/mol. The summed E-state index contributed by atoms with van der Waals surface area (Å²) in [6.07, 6.45) is 2.67. The number of carbonyl (C=O) groups excluding carboxylic acids is 1. The van der Waals surface area contributed by atoms with E-state index in [0.29, 0.717) is 11.0 Å². The molecule has 0 spiro atoms. The molecular formula is C11H18N4OS. The van der Waals surface area contributed by atoms with Crippen molar-refractivity contribution < 1.29 is 4.79 Å². The minimum Gasteiger partial charge on any atom is -0.317 e. The molecule has 1 fully saturated rings. The lowest BCUT2D eigenvalue weighted by molar-refractivity contribution is -0.127. The number of hydrogen-bond donors (Lipinski definition) is 2. The Morgan fingerprint density at radius 2 is 2.24 bits per heavy atom. The molecule has 0 radical (unpaired) electrons. The zero-order valence-electron chi connectivity index (χ0n) is 10.2. The van der Waals surface area contributed by atoms with Crippen LogP contribution in [0.5, 0.6) is 0 Å². The number of nitrogens with zero attached hydrogens (tertiary/aromatic N) is 2. The zero-order chi connectivity index (χ0) is 12.3. The highest BCUT2D eigenvalue weighted by Crippen LogP contribution is 2.34. The van der Waals surface area contributed by atoms with Crippen LogP contribution < -0.4 is 10.6 Å². The van der Waals surface area contributed by atoms with Gasteiger partial charge in [-0.15, -0.1) is 0 Å². The molecule has 1 aliphatic rings. The molecule has 5 nitrogen and oxygen atoms in total. The Morgan fingerprint density at radius 3 is 2.76 bits per heavy atom. The molecule has 1 aliphatic heterocycles. The number of aromatic nitrogens is 2. The average Bonchev–Trinajstić information content (AvgIpc) is 2.75. The van der Waals surface area contributed by atoms with Gasteiger partial charge in [-0.1, -0.05) is 6.92 Å². The molecule has 0 bridgehead atoms. The van der Waals surface area contributed by atoms with Gasteiger partial charge in [0.1, 0.15) is 5.82 Å². The molecule has 94 valence electrons. The molecule has 0 aliphatic carbocycles. The van der Waals surface area contributed by atoms with E-state index in [9.17, 15) is 4.79 Å². The van der Waals surface area contributed by atoms with E-state index in [1.54, 1.807) is 0 Å². The lowest BCUT2D eigenvalue weighted by Gasteiger charge is -2.34. The van der Waals surface area contributed by atoms with Crippen molar-refractivity contribution in [2.45, 2.75) is 33.1 Å². The standard InChI is InChI=1S/C11H18N4OS/c1-3-11(4-6-12-7-5-11)9(16)14-10-13-8(2)15-17-10/h12H,3-7H2,1-2H3,(H,13,14,15,16). The fourth-order valence-electron chi connectivity index (χ4n) is 2.22. The van der Waals surface area contributed by atoms with E-state index in [1.165, 1.54) is 11.5 Å². The lowest BCUT2D eigenvalue weighted by atomic mass is 9.76. The summed E-state index contributed by atoms with van der Waals surface area (Å²) in [5.41, 5.74) is -0.231. The van der Waals surface area contributed by atoms with Crippen LogP contribution in [-0.4, -0.2) is 28.4 Å². The average molecular weight is 254 g/mol. The summed E-state index contributed by atoms with van der Waals surface area (Å²) in [6, 6.07) is 0. The van der Waals surface area contributed by atoms with Crippen LogP contribution in [0.1, 0.15) is 32.0 Å². The Morgan fingerprint density at radius 1 is 1.53 bits per heavy atom. The first-order chi connectivity index (χ1) is 8.16. The number of hydrogen-bond acceptors (Lipinski definition) is 5. The van der Waals surface area contributed by atoms with Crippen molar-refractivity contribution in [1.29, 1.82) is 0 Å². The van der Waals surface area contributed by atoms with Gasteiger partial charge < -0.3 is 10.6 Å². The number of nitrogens with one attached hydrogen (secondary N) is 2. The number of anilines is 1. The number of aryl methyl sites for hydroxylation is 1. The lowest BCUT2D eigenvalue weighted by Crippen LogP contribution is -2.44. The maximum Gasteiger partial charge on any atom is 0.232 e. The first kappa shape index (κ1) is 12.4. The van der Waals surface area contributed by atoms with Gasteiger partial charge in [0.2, 0.25) is 11.0 Å². The first-order valence-electron chi connectivity index (χ1n) is 5.99. The van der Waals surface area contributed by atoms with Gasteiger partial charge in [0.15, 0.2) is 0 Å². The molecule has 2 N–H and O–H groups in total. The van der Waals surface area contributed by atoms with Crippen molar-refractivity contribution in [2.75, 3.05) is 18.4 Å². The number of rotatable bonds is 3. The molecule has 2 rings (SSSR count). The maximum atomic E-state index is 12.3. The molecule has 0 saturated carbocycles. The Hall–Kier alpha value is -1.01. The van der Waals surface area contributed by atoms with E-state index >= 15 is 0 Å². The van der Waals surface area contributed by atoms with Crippen LogP contribution in [0.15, 0.2) is 0 Å². The SMILES string of the molecule is CCC1(C(=O)Nc2nc(C)ns2)CCNCC1. The van der Waals surface area contributed by atoms with Gasteiger partial charge in [0, 0.05) is 11.5 Å². The largest absolute Gasteiger partial charge is 0.317 e. The van der Waals surface area contributed by atoms with Crippen LogP contribution in [0, 0.1) is 12.3 Å². The Balaban J connectivity index is 2.07. The van der Waals surface area contributed by atoms with Crippen molar-refractivity contribution in [3.63, 3.8) is 0 Å². The van der Waals surface area contributed by atoms with E-state index in [4.69, 9.17) is 0 Å². The summed E-state index contributed by atoms with van der Waals surface area (Å²) in [5, 5.41) is 6.80. The monoisotopic (exact) mass is 254 g/mol. The summed E-state index contributed by atoms with van der Waals surface area (Å²) in [5.74, 6) is 0.804. The third-order valence-corrected chi connectivity index (χ3v) is 4.19. The van der Waals surface area contributed by atoms with Gasteiger partial charge in [-0.05, 0) is 39.3 Å². The Bertz CT molecular complexity index is 398. The van der Waals surface area contributed by atoms with Crippen molar-refractivity contribution >= 4 is 22.6 Å². The molecule has 0 unspecified atom stereocenters. The van der Waals surface area contributed by atoms with E-state index in [1.807, 2.05) is 6.92 Å². The molecule has 1 aromatic heterocycles. The van der Waals surface area contributed by atoms with E-state index in [2.05, 4.69) is 26.9 Å². The fraction of sp³-hybridized carbons (Fsp3) is 0.727. The van der Waals surface area contributed by atoms with Crippen LogP contribution >= 0.6 is 11.5 Å². The normalized spacial score (nSPS) is 18.9. The minimum absolute atomic E-state index is 0.0950. The predicted octanol–water partition coefficient (Wildman–Crippen LogP) is 1.56. The Kier molecular flexibility index (Phi) is 3.73. The van der Waals surface area contributed by atoms with Gasteiger partial charge in [0.25, 0.3) is 0 Å². The van der Waals surface area contributed by atoms with E-state index in [-0.39, 0.29) is 11.3 Å². The van der Waals surface area contributed by atoms with E-state index in [0.717, 1.165) is 32.4 Å². The highest BCUT2D eigenvalue weighted by Gasteiger charge is 2.38. The summed E-state index contributed by atoms with van der Waals surface area (Å²) in [4.78, 5) is 16.5. The van der Waals surface area contributed by atoms with Crippen LogP contribution in [0.4, 0.5) is 5.13 Å². The minimum atomic E-state index is -0.231. The highest BCUT2D eigenvalue weighted by molar-refractivity contribution is 7.09. The zero-order valence-corrected chi connectivity index (χ0v) is 11.1. The van der Waals surface area contributed by atoms with Crippen LogP contribution in [-0.2, 0) is 4.79 Å². The van der Waals surface area contributed by atoms with E-state index < -0.39 is 0 Å². The Labute approximate surface area is 105 Å². The smallest absolute Gasteiger partial charge is 0.232 e. The summed E-state index contributed by atoms with van der Waals surface area (Å²) >= 11 is 1.24.